The van der Waals surface area contributed by atoms with Crippen LogP contribution >= 0.6 is 15.9 Å². The fourth-order valence-corrected chi connectivity index (χ4v) is 2.99. The molecule has 4 amide bonds. The number of carbonyl (C=O) groups excluding carboxylic acids is 3. The number of amides is 4. The van der Waals surface area contributed by atoms with Gasteiger partial charge in [0, 0.05) is 17.6 Å². The zero-order valence-electron chi connectivity index (χ0n) is 13.8. The molecule has 130 valence electrons. The number of benzene rings is 1. The maximum atomic E-state index is 12.7. The molecule has 1 heterocycles. The van der Waals surface area contributed by atoms with Gasteiger partial charge in [-0.2, -0.15) is 0 Å². The van der Waals surface area contributed by atoms with Gasteiger partial charge in [-0.25, -0.2) is 4.79 Å². The van der Waals surface area contributed by atoms with Crippen molar-refractivity contribution < 1.29 is 19.1 Å². The molecule has 8 heteroatoms. The van der Waals surface area contributed by atoms with Crippen molar-refractivity contribution >= 4 is 33.8 Å². The zero-order valence-corrected chi connectivity index (χ0v) is 15.3. The Morgan fingerprint density at radius 1 is 1.46 bits per heavy atom. The normalized spacial score (nSPS) is 21.6. The number of methoxy groups -OCH3 is 1. The number of carbonyl (C=O) groups is 3. The van der Waals surface area contributed by atoms with Crippen molar-refractivity contribution in [1.29, 1.82) is 0 Å². The summed E-state index contributed by atoms with van der Waals surface area (Å²) >= 11 is 3.35. The second kappa shape index (κ2) is 7.31. The summed E-state index contributed by atoms with van der Waals surface area (Å²) in [7, 11) is 1.53. The Kier molecular flexibility index (Phi) is 5.61. The van der Waals surface area contributed by atoms with Crippen LogP contribution in [0.3, 0.4) is 0 Å². The Labute approximate surface area is 148 Å². The Morgan fingerprint density at radius 2 is 2.17 bits per heavy atom. The highest BCUT2D eigenvalue weighted by molar-refractivity contribution is 9.10. The zero-order chi connectivity index (χ0) is 17.9. The quantitative estimate of drug-likeness (QED) is 0.709. The lowest BCUT2D eigenvalue weighted by molar-refractivity contribution is -0.135. The number of halogens is 1. The van der Waals surface area contributed by atoms with E-state index in [2.05, 4.69) is 26.6 Å². The van der Waals surface area contributed by atoms with Gasteiger partial charge in [0.2, 0.25) is 5.91 Å². The van der Waals surface area contributed by atoms with Gasteiger partial charge in [0.05, 0.1) is 6.61 Å². The van der Waals surface area contributed by atoms with E-state index in [9.17, 15) is 14.4 Å². The number of nitrogens with zero attached hydrogens (tertiary/aromatic N) is 1. The third-order valence-corrected chi connectivity index (χ3v) is 4.30. The summed E-state index contributed by atoms with van der Waals surface area (Å²) in [4.78, 5) is 37.9. The molecule has 7 nitrogen and oxygen atoms in total. The van der Waals surface area contributed by atoms with Crippen molar-refractivity contribution in [2.75, 3.05) is 20.3 Å². The summed E-state index contributed by atoms with van der Waals surface area (Å²) in [5.74, 6) is -0.873. The van der Waals surface area contributed by atoms with Crippen molar-refractivity contribution in [3.05, 3.63) is 34.3 Å². The third kappa shape index (κ3) is 3.76. The number of hydrogen-bond donors (Lipinski definition) is 2. The Balaban J connectivity index is 2.13. The molecule has 2 N–H and O–H groups in total. The maximum Gasteiger partial charge on any atom is 0.325 e. The van der Waals surface area contributed by atoms with Crippen LogP contribution in [0.5, 0.6) is 0 Å². The average Bonchev–Trinajstić information content (AvgIpc) is 2.72. The smallest absolute Gasteiger partial charge is 0.325 e. The van der Waals surface area contributed by atoms with Gasteiger partial charge in [0.25, 0.3) is 5.91 Å². The number of imide groups is 1. The Bertz CT molecular complexity index is 666. The minimum atomic E-state index is -1.20. The van der Waals surface area contributed by atoms with Crippen molar-refractivity contribution in [3.8, 4) is 0 Å². The Hall–Kier alpha value is -1.93. The highest BCUT2D eigenvalue weighted by atomic mass is 79.9. The Morgan fingerprint density at radius 3 is 2.79 bits per heavy atom. The first-order valence-electron chi connectivity index (χ1n) is 7.46. The fourth-order valence-electron chi connectivity index (χ4n) is 2.59. The van der Waals surface area contributed by atoms with Crippen molar-refractivity contribution in [2.45, 2.75) is 25.4 Å². The molecule has 0 aromatic heterocycles. The summed E-state index contributed by atoms with van der Waals surface area (Å²) < 4.78 is 5.74. The van der Waals surface area contributed by atoms with Gasteiger partial charge in [-0.3, -0.25) is 14.5 Å². The average molecular weight is 398 g/mol. The largest absolute Gasteiger partial charge is 0.383 e. The molecule has 0 radical (unpaired) electrons. The van der Waals surface area contributed by atoms with Crippen LogP contribution in [0.4, 0.5) is 4.79 Å². The molecule has 1 fully saturated rings. The molecule has 0 spiro atoms. The van der Waals surface area contributed by atoms with E-state index >= 15 is 0 Å². The summed E-state index contributed by atoms with van der Waals surface area (Å²) in [6.45, 7) is 3.42. The standard InChI is InChI=1S/C16H20BrN3O4/c1-10(9-24-3)18-13(21)8-20-14(22)16(2,19-15(20)23)11-5-4-6-12(17)7-11/h4-7,10H,8-9H2,1-3H3,(H,18,21)(H,19,23)/t10-,16-/m1/s1. The van der Waals surface area contributed by atoms with E-state index in [4.69, 9.17) is 4.74 Å². The van der Waals surface area contributed by atoms with Crippen molar-refractivity contribution in [1.82, 2.24) is 15.5 Å². The van der Waals surface area contributed by atoms with E-state index in [1.165, 1.54) is 7.11 Å². The molecule has 2 atom stereocenters. The van der Waals surface area contributed by atoms with E-state index in [0.717, 1.165) is 9.37 Å². The summed E-state index contributed by atoms with van der Waals surface area (Å²) in [6.07, 6.45) is 0. The summed E-state index contributed by atoms with van der Waals surface area (Å²) in [5, 5.41) is 5.35. The summed E-state index contributed by atoms with van der Waals surface area (Å²) in [5.41, 5.74) is -0.551. The number of urea groups is 1. The van der Waals surface area contributed by atoms with Crippen LogP contribution in [-0.4, -0.2) is 49.0 Å². The van der Waals surface area contributed by atoms with Gasteiger partial charge in [0.1, 0.15) is 12.1 Å². The molecule has 0 aliphatic carbocycles. The third-order valence-electron chi connectivity index (χ3n) is 3.80. The summed E-state index contributed by atoms with van der Waals surface area (Å²) in [6, 6.07) is 6.34. The predicted molar refractivity (Wildman–Crippen MR) is 91.2 cm³/mol. The number of nitrogens with one attached hydrogen (secondary N) is 2. The molecule has 2 rings (SSSR count). The minimum Gasteiger partial charge on any atom is -0.383 e. The highest BCUT2D eigenvalue weighted by Crippen LogP contribution is 2.30. The first-order chi connectivity index (χ1) is 11.3. The second-order valence-corrected chi connectivity index (χ2v) is 6.80. The monoisotopic (exact) mass is 397 g/mol. The molecule has 24 heavy (non-hydrogen) atoms. The van der Waals surface area contributed by atoms with Crippen LogP contribution in [-0.2, 0) is 19.9 Å². The van der Waals surface area contributed by atoms with E-state index in [1.54, 1.807) is 32.0 Å². The van der Waals surface area contributed by atoms with E-state index < -0.39 is 23.4 Å². The first kappa shape index (κ1) is 18.4. The molecule has 0 unspecified atom stereocenters. The SMILES string of the molecule is COC[C@@H](C)NC(=O)CN1C(=O)N[C@](C)(c2cccc(Br)c2)C1=O. The first-order valence-corrected chi connectivity index (χ1v) is 8.25. The van der Waals surface area contributed by atoms with Crippen LogP contribution in [0, 0.1) is 0 Å². The van der Waals surface area contributed by atoms with E-state index in [-0.39, 0.29) is 12.6 Å². The lowest BCUT2D eigenvalue weighted by Gasteiger charge is -2.22. The van der Waals surface area contributed by atoms with Crippen LogP contribution in [0.25, 0.3) is 0 Å². The molecular formula is C16H20BrN3O4. The molecule has 0 bridgehead atoms. The number of rotatable bonds is 6. The fraction of sp³-hybridized carbons (Fsp3) is 0.438. The highest BCUT2D eigenvalue weighted by Gasteiger charge is 2.49. The molecular weight excluding hydrogens is 378 g/mol. The molecule has 1 aliphatic rings. The molecule has 1 aromatic rings. The van der Waals surface area contributed by atoms with Crippen LogP contribution in [0.1, 0.15) is 19.4 Å². The van der Waals surface area contributed by atoms with Gasteiger partial charge < -0.3 is 15.4 Å². The van der Waals surface area contributed by atoms with Gasteiger partial charge in [0.15, 0.2) is 0 Å². The van der Waals surface area contributed by atoms with E-state index in [1.807, 2.05) is 6.07 Å². The predicted octanol–water partition coefficient (Wildman–Crippen LogP) is 1.37. The van der Waals surface area contributed by atoms with Crippen LogP contribution in [0.15, 0.2) is 28.7 Å². The number of hydrogen-bond acceptors (Lipinski definition) is 4. The second-order valence-electron chi connectivity index (χ2n) is 5.88. The van der Waals surface area contributed by atoms with E-state index in [0.29, 0.717) is 12.2 Å². The van der Waals surface area contributed by atoms with Gasteiger partial charge in [-0.15, -0.1) is 0 Å². The maximum absolute atomic E-state index is 12.7. The molecule has 1 saturated heterocycles. The van der Waals surface area contributed by atoms with Gasteiger partial charge in [-0.05, 0) is 31.5 Å². The topological polar surface area (TPSA) is 87.7 Å². The van der Waals surface area contributed by atoms with Crippen LogP contribution in [0.2, 0.25) is 0 Å². The lowest BCUT2D eigenvalue weighted by atomic mass is 9.92. The van der Waals surface area contributed by atoms with Crippen molar-refractivity contribution in [2.24, 2.45) is 0 Å². The molecule has 1 aromatic carbocycles. The molecule has 0 saturated carbocycles. The van der Waals surface area contributed by atoms with Crippen molar-refractivity contribution in [3.63, 3.8) is 0 Å². The van der Waals surface area contributed by atoms with Crippen LogP contribution < -0.4 is 10.6 Å². The molecule has 1 aliphatic heterocycles. The van der Waals surface area contributed by atoms with Gasteiger partial charge >= 0.3 is 6.03 Å². The lowest BCUT2D eigenvalue weighted by Crippen LogP contribution is -2.45. The number of ether oxygens (including phenoxy) is 1. The minimum absolute atomic E-state index is 0.209. The van der Waals surface area contributed by atoms with Gasteiger partial charge in [-0.1, -0.05) is 28.1 Å².